The van der Waals surface area contributed by atoms with Gasteiger partial charge in [-0.15, -0.1) is 0 Å². The molecule has 0 unspecified atom stereocenters. The zero-order chi connectivity index (χ0) is 17.1. The number of anilines is 3. The standard InChI is InChI=1S/C18H21N7/c19-12-7-16-18(23-6-5-22-16)17(8-12)25-14-3-1-13(2-4-14)24-15-9-20-11-21-10-15/h5-11,13-14,24-25H,1-4,19H2. The highest BCUT2D eigenvalue weighted by Crippen LogP contribution is 2.28. The average molecular weight is 335 g/mol. The third-order valence-corrected chi connectivity index (χ3v) is 4.61. The summed E-state index contributed by atoms with van der Waals surface area (Å²) >= 11 is 0. The fourth-order valence-electron chi connectivity index (χ4n) is 3.42. The van der Waals surface area contributed by atoms with Gasteiger partial charge in [-0.1, -0.05) is 0 Å². The van der Waals surface area contributed by atoms with Crippen LogP contribution >= 0.6 is 0 Å². The van der Waals surface area contributed by atoms with Gasteiger partial charge in [-0.2, -0.15) is 0 Å². The van der Waals surface area contributed by atoms with Gasteiger partial charge in [0.1, 0.15) is 11.8 Å². The molecule has 0 aliphatic heterocycles. The van der Waals surface area contributed by atoms with E-state index in [4.69, 9.17) is 5.73 Å². The number of hydrogen-bond donors (Lipinski definition) is 3. The molecular formula is C18H21N7. The summed E-state index contributed by atoms with van der Waals surface area (Å²) < 4.78 is 0. The highest BCUT2D eigenvalue weighted by Gasteiger charge is 2.22. The maximum Gasteiger partial charge on any atom is 0.115 e. The normalized spacial score (nSPS) is 20.3. The van der Waals surface area contributed by atoms with E-state index in [1.165, 1.54) is 0 Å². The molecular weight excluding hydrogens is 314 g/mol. The number of nitrogens with zero attached hydrogens (tertiary/aromatic N) is 4. The Balaban J connectivity index is 1.41. The smallest absolute Gasteiger partial charge is 0.115 e. The molecule has 1 saturated carbocycles. The summed E-state index contributed by atoms with van der Waals surface area (Å²) in [5, 5.41) is 7.12. The van der Waals surface area contributed by atoms with Crippen molar-refractivity contribution in [2.45, 2.75) is 37.8 Å². The third kappa shape index (κ3) is 3.60. The van der Waals surface area contributed by atoms with E-state index in [2.05, 4.69) is 30.6 Å². The maximum atomic E-state index is 6.01. The summed E-state index contributed by atoms with van der Waals surface area (Å²) in [7, 11) is 0. The first-order valence-corrected chi connectivity index (χ1v) is 8.56. The number of rotatable bonds is 4. The van der Waals surface area contributed by atoms with Crippen LogP contribution in [-0.2, 0) is 0 Å². The summed E-state index contributed by atoms with van der Waals surface area (Å²) in [6.07, 6.45) is 12.9. The number of benzene rings is 1. The van der Waals surface area contributed by atoms with Crippen LogP contribution in [-0.4, -0.2) is 32.0 Å². The van der Waals surface area contributed by atoms with E-state index in [1.54, 1.807) is 18.7 Å². The van der Waals surface area contributed by atoms with E-state index in [0.717, 1.165) is 48.1 Å². The average Bonchev–Trinajstić information content (AvgIpc) is 2.64. The molecule has 1 aromatic carbocycles. The van der Waals surface area contributed by atoms with Gasteiger partial charge in [-0.05, 0) is 37.8 Å². The number of nitrogen functional groups attached to an aromatic ring is 1. The lowest BCUT2D eigenvalue weighted by Crippen LogP contribution is -2.32. The van der Waals surface area contributed by atoms with Gasteiger partial charge in [0.2, 0.25) is 0 Å². The first-order chi connectivity index (χ1) is 12.3. The molecule has 25 heavy (non-hydrogen) atoms. The summed E-state index contributed by atoms with van der Waals surface area (Å²) in [4.78, 5) is 16.9. The molecule has 0 saturated heterocycles. The molecule has 1 aliphatic carbocycles. The highest BCUT2D eigenvalue weighted by atomic mass is 15.0. The van der Waals surface area contributed by atoms with Gasteiger partial charge in [-0.3, -0.25) is 9.97 Å². The van der Waals surface area contributed by atoms with E-state index in [-0.39, 0.29) is 0 Å². The fraction of sp³-hybridized carbons (Fsp3) is 0.333. The van der Waals surface area contributed by atoms with Crippen LogP contribution in [0.25, 0.3) is 11.0 Å². The van der Waals surface area contributed by atoms with Crippen LogP contribution in [0.15, 0.2) is 43.2 Å². The minimum atomic E-state index is 0.414. The Hall–Kier alpha value is -2.96. The zero-order valence-corrected chi connectivity index (χ0v) is 13.9. The van der Waals surface area contributed by atoms with Crippen molar-refractivity contribution in [3.05, 3.63) is 43.2 Å². The van der Waals surface area contributed by atoms with Crippen molar-refractivity contribution in [2.24, 2.45) is 0 Å². The second-order valence-electron chi connectivity index (χ2n) is 6.46. The number of fused-ring (bicyclic) bond motifs is 1. The summed E-state index contributed by atoms with van der Waals surface area (Å²) in [5.41, 5.74) is 10.4. The van der Waals surface area contributed by atoms with E-state index in [0.29, 0.717) is 17.8 Å². The molecule has 0 bridgehead atoms. The van der Waals surface area contributed by atoms with Crippen LogP contribution in [0.3, 0.4) is 0 Å². The molecule has 0 atom stereocenters. The second kappa shape index (κ2) is 6.88. The monoisotopic (exact) mass is 335 g/mol. The molecule has 1 fully saturated rings. The van der Waals surface area contributed by atoms with E-state index >= 15 is 0 Å². The van der Waals surface area contributed by atoms with Crippen molar-refractivity contribution in [3.8, 4) is 0 Å². The van der Waals surface area contributed by atoms with Gasteiger partial charge in [-0.25, -0.2) is 9.97 Å². The quantitative estimate of drug-likeness (QED) is 0.630. The second-order valence-corrected chi connectivity index (χ2v) is 6.46. The molecule has 4 rings (SSSR count). The van der Waals surface area contributed by atoms with Gasteiger partial charge in [0.05, 0.1) is 29.3 Å². The minimum Gasteiger partial charge on any atom is -0.399 e. The predicted molar refractivity (Wildman–Crippen MR) is 99.3 cm³/mol. The fourth-order valence-corrected chi connectivity index (χ4v) is 3.42. The lowest BCUT2D eigenvalue weighted by Gasteiger charge is -2.31. The molecule has 128 valence electrons. The number of nitrogens with two attached hydrogens (primary N) is 1. The van der Waals surface area contributed by atoms with E-state index in [1.807, 2.05) is 24.5 Å². The van der Waals surface area contributed by atoms with Gasteiger partial charge < -0.3 is 16.4 Å². The first-order valence-electron chi connectivity index (χ1n) is 8.56. The van der Waals surface area contributed by atoms with Crippen LogP contribution in [0.4, 0.5) is 17.1 Å². The lowest BCUT2D eigenvalue weighted by molar-refractivity contribution is 0.429. The Kier molecular flexibility index (Phi) is 4.28. The largest absolute Gasteiger partial charge is 0.399 e. The van der Waals surface area contributed by atoms with Crippen molar-refractivity contribution in [1.29, 1.82) is 0 Å². The van der Waals surface area contributed by atoms with Crippen molar-refractivity contribution in [2.75, 3.05) is 16.4 Å². The highest BCUT2D eigenvalue weighted by molar-refractivity contribution is 5.90. The molecule has 3 aromatic rings. The molecule has 2 aromatic heterocycles. The zero-order valence-electron chi connectivity index (χ0n) is 13.9. The lowest BCUT2D eigenvalue weighted by atomic mass is 9.91. The van der Waals surface area contributed by atoms with Crippen molar-refractivity contribution in [1.82, 2.24) is 19.9 Å². The molecule has 7 nitrogen and oxygen atoms in total. The van der Waals surface area contributed by atoms with Gasteiger partial charge in [0.15, 0.2) is 0 Å². The molecule has 0 radical (unpaired) electrons. The Bertz CT molecular complexity index is 844. The number of hydrogen-bond acceptors (Lipinski definition) is 7. The maximum absolute atomic E-state index is 6.01. The van der Waals surface area contributed by atoms with Crippen LogP contribution in [0.2, 0.25) is 0 Å². The Morgan fingerprint density at radius 3 is 2.32 bits per heavy atom. The summed E-state index contributed by atoms with van der Waals surface area (Å²) in [6.45, 7) is 0. The molecule has 0 spiro atoms. The van der Waals surface area contributed by atoms with Crippen LogP contribution in [0, 0.1) is 0 Å². The first kappa shape index (κ1) is 15.6. The summed E-state index contributed by atoms with van der Waals surface area (Å²) in [5.74, 6) is 0. The Labute approximate surface area is 146 Å². The van der Waals surface area contributed by atoms with Crippen molar-refractivity contribution < 1.29 is 0 Å². The van der Waals surface area contributed by atoms with Crippen LogP contribution in [0.5, 0.6) is 0 Å². The molecule has 2 heterocycles. The third-order valence-electron chi connectivity index (χ3n) is 4.61. The Morgan fingerprint density at radius 2 is 1.56 bits per heavy atom. The predicted octanol–water partition coefficient (Wildman–Crippen LogP) is 2.84. The molecule has 1 aliphatic rings. The summed E-state index contributed by atoms with van der Waals surface area (Å²) in [6, 6.07) is 4.68. The van der Waals surface area contributed by atoms with Crippen LogP contribution in [0.1, 0.15) is 25.7 Å². The number of nitrogens with one attached hydrogen (secondary N) is 2. The van der Waals surface area contributed by atoms with Crippen molar-refractivity contribution >= 4 is 28.1 Å². The van der Waals surface area contributed by atoms with Crippen molar-refractivity contribution in [3.63, 3.8) is 0 Å². The number of aromatic nitrogens is 4. The molecule has 4 N–H and O–H groups in total. The molecule has 0 amide bonds. The van der Waals surface area contributed by atoms with Gasteiger partial charge in [0, 0.05) is 30.2 Å². The van der Waals surface area contributed by atoms with Crippen LogP contribution < -0.4 is 16.4 Å². The van der Waals surface area contributed by atoms with Gasteiger partial charge >= 0.3 is 0 Å². The SMILES string of the molecule is Nc1cc(NC2CCC(Nc3cncnc3)CC2)c2nccnc2c1. The molecule has 7 heteroatoms. The van der Waals surface area contributed by atoms with E-state index < -0.39 is 0 Å². The van der Waals surface area contributed by atoms with E-state index in [9.17, 15) is 0 Å². The Morgan fingerprint density at radius 1 is 0.880 bits per heavy atom. The minimum absolute atomic E-state index is 0.414. The van der Waals surface area contributed by atoms with Gasteiger partial charge in [0.25, 0.3) is 0 Å². The topological polar surface area (TPSA) is 102 Å².